The van der Waals surface area contributed by atoms with E-state index in [2.05, 4.69) is 24.0 Å². The molecule has 4 heteroatoms. The molecular weight excluding hydrogens is 160 g/mol. The summed E-state index contributed by atoms with van der Waals surface area (Å²) >= 11 is 1.69. The summed E-state index contributed by atoms with van der Waals surface area (Å²) in [5, 5.41) is 12.3. The molecule has 0 aromatic heterocycles. The van der Waals surface area contributed by atoms with Crippen LogP contribution in [0.5, 0.6) is 0 Å². The van der Waals surface area contributed by atoms with Crippen LogP contribution in [0, 0.1) is 0 Å². The second kappa shape index (κ2) is 6.64. The van der Waals surface area contributed by atoms with Gasteiger partial charge in [0.15, 0.2) is 0 Å². The summed E-state index contributed by atoms with van der Waals surface area (Å²) in [5.74, 6) is 0.985. The Balaban J connectivity index is 3.75. The van der Waals surface area contributed by atoms with E-state index in [1.807, 2.05) is 0 Å². The zero-order valence-electron chi connectivity index (χ0n) is 7.08. The molecular formula is C7H16N2OS. The van der Waals surface area contributed by atoms with E-state index in [9.17, 15) is 5.11 Å². The predicted octanol–water partition coefficient (Wildman–Crippen LogP) is 0.346. The predicted molar refractivity (Wildman–Crippen MR) is 51.4 cm³/mol. The fourth-order valence-corrected chi connectivity index (χ4v) is 1.73. The number of hydrogen-bond donors (Lipinski definition) is 2. The van der Waals surface area contributed by atoms with Crippen molar-refractivity contribution < 1.29 is 5.11 Å². The molecule has 2 atom stereocenters. The van der Waals surface area contributed by atoms with Gasteiger partial charge in [-0.05, 0) is 19.5 Å². The maximum Gasteiger partial charge on any atom is 0.118 e. The summed E-state index contributed by atoms with van der Waals surface area (Å²) in [5.41, 5.74) is 0. The highest BCUT2D eigenvalue weighted by Gasteiger charge is 2.15. The van der Waals surface area contributed by atoms with Gasteiger partial charge in [-0.2, -0.15) is 11.8 Å². The molecule has 0 aromatic rings. The van der Waals surface area contributed by atoms with E-state index < -0.39 is 6.23 Å². The molecule has 66 valence electrons. The second-order valence-corrected chi connectivity index (χ2v) is 3.65. The summed E-state index contributed by atoms with van der Waals surface area (Å²) in [4.78, 5) is 3.75. The van der Waals surface area contributed by atoms with Gasteiger partial charge in [0.05, 0.1) is 11.8 Å². The van der Waals surface area contributed by atoms with Gasteiger partial charge < -0.3 is 5.11 Å². The lowest BCUT2D eigenvalue weighted by Crippen LogP contribution is -2.37. The highest BCUT2D eigenvalue weighted by atomic mass is 32.2. The summed E-state index contributed by atoms with van der Waals surface area (Å²) < 4.78 is 0. The molecule has 0 saturated carbocycles. The molecule has 0 amide bonds. The zero-order valence-corrected chi connectivity index (χ0v) is 7.90. The maximum absolute atomic E-state index is 9.36. The van der Waals surface area contributed by atoms with Crippen LogP contribution in [-0.2, 0) is 0 Å². The fraction of sp³-hybridized carbons (Fsp3) is 0.857. The van der Waals surface area contributed by atoms with Crippen LogP contribution in [0.4, 0.5) is 0 Å². The van der Waals surface area contributed by atoms with Crippen LogP contribution in [0.25, 0.3) is 0 Å². The van der Waals surface area contributed by atoms with Crippen LogP contribution in [0.15, 0.2) is 4.99 Å². The van der Waals surface area contributed by atoms with Crippen molar-refractivity contribution in [1.29, 1.82) is 0 Å². The normalized spacial score (nSPS) is 15.9. The molecule has 2 N–H and O–H groups in total. The van der Waals surface area contributed by atoms with Crippen LogP contribution in [-0.4, -0.2) is 42.6 Å². The van der Waals surface area contributed by atoms with Crippen LogP contribution in [0.2, 0.25) is 0 Å². The third kappa shape index (κ3) is 4.40. The minimum atomic E-state index is -0.481. The second-order valence-electron chi connectivity index (χ2n) is 2.13. The van der Waals surface area contributed by atoms with E-state index in [0.29, 0.717) is 6.54 Å². The van der Waals surface area contributed by atoms with Gasteiger partial charge in [0.1, 0.15) is 6.23 Å². The smallest absolute Gasteiger partial charge is 0.118 e. The van der Waals surface area contributed by atoms with Gasteiger partial charge in [-0.1, -0.05) is 6.92 Å². The van der Waals surface area contributed by atoms with Crippen LogP contribution >= 0.6 is 11.8 Å². The number of nitrogens with zero attached hydrogens (tertiary/aromatic N) is 1. The van der Waals surface area contributed by atoms with Crippen molar-refractivity contribution in [1.82, 2.24) is 5.32 Å². The van der Waals surface area contributed by atoms with Crippen molar-refractivity contribution in [2.75, 3.05) is 19.3 Å². The monoisotopic (exact) mass is 176 g/mol. The standard InChI is InChI=1S/C7H16N2OS/c1-4-11-6(5-8-2)7(10)9-3/h6-7,9-10H,2,4-5H2,1,3H3. The third-order valence-corrected chi connectivity index (χ3v) is 2.51. The first kappa shape index (κ1) is 10.9. The lowest BCUT2D eigenvalue weighted by molar-refractivity contribution is 0.146. The average Bonchev–Trinajstić information content (AvgIpc) is 2.03. The molecule has 0 aliphatic rings. The molecule has 0 spiro atoms. The fourth-order valence-electron chi connectivity index (χ4n) is 0.771. The first-order valence-corrected chi connectivity index (χ1v) is 4.70. The first-order chi connectivity index (χ1) is 5.26. The lowest BCUT2D eigenvalue weighted by atomic mass is 10.4. The molecule has 0 bridgehead atoms. The first-order valence-electron chi connectivity index (χ1n) is 3.65. The summed E-state index contributed by atoms with van der Waals surface area (Å²) in [6, 6.07) is 0. The van der Waals surface area contributed by atoms with Crippen LogP contribution in [0.1, 0.15) is 6.92 Å². The highest BCUT2D eigenvalue weighted by molar-refractivity contribution is 7.99. The van der Waals surface area contributed by atoms with Crippen LogP contribution < -0.4 is 5.32 Å². The van der Waals surface area contributed by atoms with Gasteiger partial charge in [-0.15, -0.1) is 0 Å². The Morgan fingerprint density at radius 3 is 2.73 bits per heavy atom. The summed E-state index contributed by atoms with van der Waals surface area (Å²) in [7, 11) is 1.73. The largest absolute Gasteiger partial charge is 0.377 e. The summed E-state index contributed by atoms with van der Waals surface area (Å²) in [6.45, 7) is 6.05. The molecule has 0 rings (SSSR count). The number of thioether (sulfide) groups is 1. The van der Waals surface area contributed by atoms with Gasteiger partial charge in [0.2, 0.25) is 0 Å². The van der Waals surface area contributed by atoms with Gasteiger partial charge >= 0.3 is 0 Å². The lowest BCUT2D eigenvalue weighted by Gasteiger charge is -2.19. The quantitative estimate of drug-likeness (QED) is 0.453. The van der Waals surface area contributed by atoms with Gasteiger partial charge in [0, 0.05) is 0 Å². The zero-order chi connectivity index (χ0) is 8.69. The molecule has 2 unspecified atom stereocenters. The van der Waals surface area contributed by atoms with E-state index in [-0.39, 0.29) is 5.25 Å². The molecule has 11 heavy (non-hydrogen) atoms. The van der Waals surface area contributed by atoms with Gasteiger partial charge in [-0.25, -0.2) is 0 Å². The minimum absolute atomic E-state index is 0.127. The molecule has 3 nitrogen and oxygen atoms in total. The Morgan fingerprint density at radius 1 is 1.73 bits per heavy atom. The topological polar surface area (TPSA) is 44.6 Å². The molecule has 0 heterocycles. The van der Waals surface area contributed by atoms with Crippen molar-refractivity contribution in [2.24, 2.45) is 4.99 Å². The molecule has 0 saturated heterocycles. The number of aliphatic hydroxyl groups excluding tert-OH is 1. The van der Waals surface area contributed by atoms with Gasteiger partial charge in [0.25, 0.3) is 0 Å². The van der Waals surface area contributed by atoms with Crippen molar-refractivity contribution in [3.05, 3.63) is 0 Å². The SMILES string of the molecule is C=NCC(SCC)C(O)NC. The highest BCUT2D eigenvalue weighted by Crippen LogP contribution is 2.13. The molecule has 0 radical (unpaired) electrons. The number of rotatable bonds is 6. The Labute approximate surface area is 72.3 Å². The van der Waals surface area contributed by atoms with E-state index >= 15 is 0 Å². The Kier molecular flexibility index (Phi) is 6.60. The Bertz CT molecular complexity index is 111. The van der Waals surface area contributed by atoms with Crippen LogP contribution in [0.3, 0.4) is 0 Å². The Hall–Kier alpha value is -0.0600. The third-order valence-electron chi connectivity index (χ3n) is 1.34. The van der Waals surface area contributed by atoms with Gasteiger partial charge in [-0.3, -0.25) is 10.3 Å². The molecule has 0 aromatic carbocycles. The molecule has 0 aliphatic heterocycles. The van der Waals surface area contributed by atoms with Crippen molar-refractivity contribution in [3.8, 4) is 0 Å². The average molecular weight is 176 g/mol. The molecule has 0 fully saturated rings. The number of aliphatic hydroxyl groups is 1. The van der Waals surface area contributed by atoms with Crippen molar-refractivity contribution >= 4 is 18.5 Å². The van der Waals surface area contributed by atoms with Crippen molar-refractivity contribution in [3.63, 3.8) is 0 Å². The molecule has 0 aliphatic carbocycles. The Morgan fingerprint density at radius 2 is 2.36 bits per heavy atom. The number of hydrogen-bond acceptors (Lipinski definition) is 4. The number of aliphatic imine (C=N–C) groups is 1. The van der Waals surface area contributed by atoms with E-state index in [4.69, 9.17) is 0 Å². The number of nitrogens with one attached hydrogen (secondary N) is 1. The van der Waals surface area contributed by atoms with E-state index in [0.717, 1.165) is 5.75 Å². The van der Waals surface area contributed by atoms with Crippen molar-refractivity contribution in [2.45, 2.75) is 18.4 Å². The minimum Gasteiger partial charge on any atom is -0.377 e. The van der Waals surface area contributed by atoms with E-state index in [1.165, 1.54) is 0 Å². The summed E-state index contributed by atoms with van der Waals surface area (Å²) in [6.07, 6.45) is -0.481. The van der Waals surface area contributed by atoms with E-state index in [1.54, 1.807) is 18.8 Å². The maximum atomic E-state index is 9.36.